The van der Waals surface area contributed by atoms with E-state index in [1.165, 1.54) is 0 Å². The molecule has 1 aromatic carbocycles. The molecule has 0 aliphatic carbocycles. The number of rotatable bonds is 4. The Morgan fingerprint density at radius 1 is 1.29 bits per heavy atom. The van der Waals surface area contributed by atoms with E-state index in [4.69, 9.17) is 0 Å². The Labute approximate surface area is 96.0 Å². The van der Waals surface area contributed by atoms with Gasteiger partial charge in [-0.15, -0.1) is 0 Å². The zero-order chi connectivity index (χ0) is 10.6. The highest BCUT2D eigenvalue weighted by molar-refractivity contribution is 14.1. The maximum atomic E-state index is 11.9. The smallest absolute Gasteiger partial charge is 0.250 e. The molecular weight excluding hydrogens is 299 g/mol. The fourth-order valence-corrected chi connectivity index (χ4v) is 1.49. The SMILES string of the molecule is CC(NCC(F)F)c1ccc(I)cc1. The monoisotopic (exact) mass is 311 g/mol. The van der Waals surface area contributed by atoms with E-state index in [0.717, 1.165) is 9.13 Å². The van der Waals surface area contributed by atoms with Crippen LogP contribution in [0.25, 0.3) is 0 Å². The van der Waals surface area contributed by atoms with Gasteiger partial charge in [0.25, 0.3) is 6.43 Å². The van der Waals surface area contributed by atoms with Gasteiger partial charge >= 0.3 is 0 Å². The molecule has 1 rings (SSSR count). The number of hydrogen-bond acceptors (Lipinski definition) is 1. The Kier molecular flexibility index (Phi) is 4.74. The van der Waals surface area contributed by atoms with Crippen LogP contribution in [0.15, 0.2) is 24.3 Å². The van der Waals surface area contributed by atoms with Crippen molar-refractivity contribution in [3.05, 3.63) is 33.4 Å². The van der Waals surface area contributed by atoms with Gasteiger partial charge in [-0.1, -0.05) is 12.1 Å². The average Bonchev–Trinajstić information content (AvgIpc) is 2.15. The molecule has 0 saturated carbocycles. The Balaban J connectivity index is 2.52. The van der Waals surface area contributed by atoms with E-state index in [2.05, 4.69) is 27.9 Å². The second kappa shape index (κ2) is 5.60. The predicted octanol–water partition coefficient (Wildman–Crippen LogP) is 3.21. The maximum absolute atomic E-state index is 11.9. The van der Waals surface area contributed by atoms with E-state index >= 15 is 0 Å². The lowest BCUT2D eigenvalue weighted by atomic mass is 10.1. The molecule has 4 heteroatoms. The predicted molar refractivity (Wildman–Crippen MR) is 61.6 cm³/mol. The van der Waals surface area contributed by atoms with Gasteiger partial charge in [-0.05, 0) is 47.2 Å². The molecule has 0 saturated heterocycles. The molecule has 78 valence electrons. The highest BCUT2D eigenvalue weighted by atomic mass is 127. The van der Waals surface area contributed by atoms with Crippen LogP contribution >= 0.6 is 22.6 Å². The molecule has 1 unspecified atom stereocenters. The summed E-state index contributed by atoms with van der Waals surface area (Å²) in [7, 11) is 0. The van der Waals surface area contributed by atoms with Gasteiger partial charge in [-0.25, -0.2) is 8.78 Å². The summed E-state index contributed by atoms with van der Waals surface area (Å²) in [5.74, 6) is 0. The van der Waals surface area contributed by atoms with Crippen LogP contribution in [0, 0.1) is 3.57 Å². The average molecular weight is 311 g/mol. The van der Waals surface area contributed by atoms with E-state index in [0.29, 0.717) is 0 Å². The van der Waals surface area contributed by atoms with Gasteiger partial charge in [0.2, 0.25) is 0 Å². The number of halogens is 3. The number of benzene rings is 1. The van der Waals surface area contributed by atoms with Crippen LogP contribution in [0.1, 0.15) is 18.5 Å². The fourth-order valence-electron chi connectivity index (χ4n) is 1.14. The molecule has 0 fully saturated rings. The highest BCUT2D eigenvalue weighted by Gasteiger charge is 2.07. The summed E-state index contributed by atoms with van der Waals surface area (Å²) < 4.78 is 25.0. The van der Waals surface area contributed by atoms with Gasteiger partial charge in [0.15, 0.2) is 0 Å². The van der Waals surface area contributed by atoms with Crippen molar-refractivity contribution in [1.82, 2.24) is 5.32 Å². The van der Waals surface area contributed by atoms with E-state index in [-0.39, 0.29) is 12.6 Å². The number of nitrogens with one attached hydrogen (secondary N) is 1. The topological polar surface area (TPSA) is 12.0 Å². The van der Waals surface area contributed by atoms with Crippen LogP contribution < -0.4 is 5.32 Å². The first-order valence-corrected chi connectivity index (χ1v) is 5.44. The van der Waals surface area contributed by atoms with Crippen molar-refractivity contribution < 1.29 is 8.78 Å². The molecule has 1 atom stereocenters. The lowest BCUT2D eigenvalue weighted by Crippen LogP contribution is -2.24. The van der Waals surface area contributed by atoms with Gasteiger partial charge in [-0.2, -0.15) is 0 Å². The standard InChI is InChI=1S/C10H12F2IN/c1-7(14-6-10(11)12)8-2-4-9(13)5-3-8/h2-5,7,10,14H,6H2,1H3. The van der Waals surface area contributed by atoms with Crippen LogP contribution in [0.3, 0.4) is 0 Å². The van der Waals surface area contributed by atoms with Crippen molar-refractivity contribution >= 4 is 22.6 Å². The second-order valence-corrected chi connectivity index (χ2v) is 4.32. The summed E-state index contributed by atoms with van der Waals surface area (Å²) in [4.78, 5) is 0. The van der Waals surface area contributed by atoms with Crippen molar-refractivity contribution in [1.29, 1.82) is 0 Å². The van der Waals surface area contributed by atoms with Crippen molar-refractivity contribution in [2.45, 2.75) is 19.4 Å². The summed E-state index contributed by atoms with van der Waals surface area (Å²) in [6.07, 6.45) is -2.29. The summed E-state index contributed by atoms with van der Waals surface area (Å²) in [6.45, 7) is 1.62. The molecule has 0 heterocycles. The van der Waals surface area contributed by atoms with Crippen molar-refractivity contribution in [2.75, 3.05) is 6.54 Å². The van der Waals surface area contributed by atoms with Crippen molar-refractivity contribution in [3.8, 4) is 0 Å². The lowest BCUT2D eigenvalue weighted by molar-refractivity contribution is 0.142. The quantitative estimate of drug-likeness (QED) is 0.842. The largest absolute Gasteiger partial charge is 0.305 e. The van der Waals surface area contributed by atoms with Crippen LogP contribution in [0.2, 0.25) is 0 Å². The third-order valence-electron chi connectivity index (χ3n) is 1.95. The minimum Gasteiger partial charge on any atom is -0.305 e. The highest BCUT2D eigenvalue weighted by Crippen LogP contribution is 2.14. The Morgan fingerprint density at radius 2 is 1.86 bits per heavy atom. The van der Waals surface area contributed by atoms with Crippen molar-refractivity contribution in [3.63, 3.8) is 0 Å². The van der Waals surface area contributed by atoms with E-state index in [9.17, 15) is 8.78 Å². The van der Waals surface area contributed by atoms with E-state index in [1.807, 2.05) is 31.2 Å². The molecule has 1 aromatic rings. The summed E-state index contributed by atoms with van der Waals surface area (Å²) in [5, 5.41) is 2.77. The third kappa shape index (κ3) is 3.88. The van der Waals surface area contributed by atoms with Crippen molar-refractivity contribution in [2.24, 2.45) is 0 Å². The summed E-state index contributed by atoms with van der Waals surface area (Å²) >= 11 is 2.21. The minimum atomic E-state index is -2.29. The molecule has 1 nitrogen and oxygen atoms in total. The van der Waals surface area contributed by atoms with Gasteiger partial charge in [-0.3, -0.25) is 0 Å². The lowest BCUT2D eigenvalue weighted by Gasteiger charge is -2.13. The Morgan fingerprint density at radius 3 is 2.36 bits per heavy atom. The second-order valence-electron chi connectivity index (χ2n) is 3.07. The molecule has 0 aromatic heterocycles. The normalized spacial score (nSPS) is 13.2. The van der Waals surface area contributed by atoms with Gasteiger partial charge in [0.1, 0.15) is 0 Å². The molecule has 0 amide bonds. The van der Waals surface area contributed by atoms with E-state index < -0.39 is 6.43 Å². The first-order chi connectivity index (χ1) is 6.59. The first-order valence-electron chi connectivity index (χ1n) is 4.36. The molecule has 1 N–H and O–H groups in total. The van der Waals surface area contributed by atoms with E-state index in [1.54, 1.807) is 0 Å². The molecule has 0 aliphatic rings. The first kappa shape index (κ1) is 11.8. The Bertz CT molecular complexity index is 274. The van der Waals surface area contributed by atoms with Gasteiger partial charge in [0.05, 0.1) is 6.54 Å². The zero-order valence-electron chi connectivity index (χ0n) is 7.81. The molecule has 0 spiro atoms. The van der Waals surface area contributed by atoms with Crippen LogP contribution in [0.4, 0.5) is 8.78 Å². The molecular formula is C10H12F2IN. The van der Waals surface area contributed by atoms with Crippen LogP contribution in [-0.2, 0) is 0 Å². The van der Waals surface area contributed by atoms with Crippen LogP contribution in [-0.4, -0.2) is 13.0 Å². The number of alkyl halides is 2. The fraction of sp³-hybridized carbons (Fsp3) is 0.400. The zero-order valence-corrected chi connectivity index (χ0v) is 9.96. The summed E-state index contributed by atoms with van der Waals surface area (Å²) in [6, 6.07) is 7.81. The van der Waals surface area contributed by atoms with Gasteiger partial charge in [0, 0.05) is 9.61 Å². The Hall–Kier alpha value is -0.230. The molecule has 14 heavy (non-hydrogen) atoms. The van der Waals surface area contributed by atoms with Gasteiger partial charge < -0.3 is 5.32 Å². The minimum absolute atomic E-state index is 0.0269. The molecule has 0 aliphatic heterocycles. The van der Waals surface area contributed by atoms with Crippen LogP contribution in [0.5, 0.6) is 0 Å². The molecule has 0 bridgehead atoms. The summed E-state index contributed by atoms with van der Waals surface area (Å²) in [5.41, 5.74) is 1.03. The maximum Gasteiger partial charge on any atom is 0.250 e. The third-order valence-corrected chi connectivity index (χ3v) is 2.67. The molecule has 0 radical (unpaired) electrons. The number of hydrogen-bond donors (Lipinski definition) is 1.